The summed E-state index contributed by atoms with van der Waals surface area (Å²) in [6, 6.07) is 14.8. The van der Waals surface area contributed by atoms with E-state index in [9.17, 15) is 4.79 Å². The van der Waals surface area contributed by atoms with Gasteiger partial charge >= 0.3 is 0 Å². The molecule has 5 nitrogen and oxygen atoms in total. The zero-order chi connectivity index (χ0) is 20.5. The fourth-order valence-corrected chi connectivity index (χ4v) is 3.86. The molecule has 1 aromatic heterocycles. The number of aromatic nitrogens is 1. The van der Waals surface area contributed by atoms with Crippen LogP contribution in [-0.2, 0) is 4.79 Å². The second-order valence-corrected chi connectivity index (χ2v) is 7.59. The topological polar surface area (TPSA) is 54.8 Å². The quantitative estimate of drug-likeness (QED) is 0.506. The smallest absolute Gasteiger partial charge is 0.242 e. The molecule has 0 N–H and O–H groups in total. The van der Waals surface area contributed by atoms with Gasteiger partial charge in [-0.25, -0.2) is 9.99 Å². The van der Waals surface area contributed by atoms with E-state index in [1.165, 1.54) is 5.01 Å². The Morgan fingerprint density at radius 1 is 1.17 bits per heavy atom. The van der Waals surface area contributed by atoms with Gasteiger partial charge in [0.05, 0.1) is 24.4 Å². The molecule has 0 unspecified atom stereocenters. The maximum Gasteiger partial charge on any atom is 0.242 e. The van der Waals surface area contributed by atoms with Crippen molar-refractivity contribution >= 4 is 45.7 Å². The molecule has 0 spiro atoms. The van der Waals surface area contributed by atoms with E-state index in [2.05, 4.69) is 10.1 Å². The first kappa shape index (κ1) is 19.7. The number of fused-ring (bicyclic) bond motifs is 1. The molecule has 1 aliphatic heterocycles. The van der Waals surface area contributed by atoms with Crippen molar-refractivity contribution in [3.05, 3.63) is 69.8 Å². The first-order valence-corrected chi connectivity index (χ1v) is 10.1. The SMILES string of the molecule is CCC(=O)N1N=C(c2ccc(Cl)cc2)C[C@H]1c1cc2ccc(OC)cc2nc1Cl. The lowest BCUT2D eigenvalue weighted by molar-refractivity contribution is -0.132. The fourth-order valence-electron chi connectivity index (χ4n) is 3.46. The Bertz CT molecular complexity index is 1110. The molecule has 148 valence electrons. The molecule has 1 amide bonds. The third-order valence-corrected chi connectivity index (χ3v) is 5.56. The number of benzene rings is 2. The molecule has 2 heterocycles. The summed E-state index contributed by atoms with van der Waals surface area (Å²) < 4.78 is 5.26. The van der Waals surface area contributed by atoms with Gasteiger partial charge < -0.3 is 4.74 Å². The molecule has 0 bridgehead atoms. The summed E-state index contributed by atoms with van der Waals surface area (Å²) in [7, 11) is 1.61. The number of carbonyl (C=O) groups excluding carboxylic acids is 1. The number of hydrogen-bond acceptors (Lipinski definition) is 4. The summed E-state index contributed by atoms with van der Waals surface area (Å²) in [5.74, 6) is 0.649. The second kappa shape index (κ2) is 8.01. The van der Waals surface area contributed by atoms with Crippen molar-refractivity contribution in [3.63, 3.8) is 0 Å². The molecule has 0 saturated heterocycles. The minimum atomic E-state index is -0.306. The molecule has 1 atom stereocenters. The van der Waals surface area contributed by atoms with Crippen LogP contribution in [0.15, 0.2) is 53.6 Å². The Balaban J connectivity index is 1.75. The predicted octanol–water partition coefficient (Wildman–Crippen LogP) is 5.64. The number of hydrogen-bond donors (Lipinski definition) is 0. The molecule has 7 heteroatoms. The lowest BCUT2D eigenvalue weighted by Crippen LogP contribution is -2.26. The Kier molecular flexibility index (Phi) is 5.43. The van der Waals surface area contributed by atoms with Gasteiger partial charge in [-0.1, -0.05) is 42.3 Å². The van der Waals surface area contributed by atoms with E-state index >= 15 is 0 Å². The Morgan fingerprint density at radius 3 is 2.62 bits per heavy atom. The second-order valence-electron chi connectivity index (χ2n) is 6.79. The van der Waals surface area contributed by atoms with Gasteiger partial charge in [0.25, 0.3) is 0 Å². The van der Waals surface area contributed by atoms with Gasteiger partial charge in [0.2, 0.25) is 5.91 Å². The molecular weight excluding hydrogens is 409 g/mol. The highest BCUT2D eigenvalue weighted by Crippen LogP contribution is 2.38. The molecule has 3 aromatic rings. The van der Waals surface area contributed by atoms with Gasteiger partial charge in [-0.3, -0.25) is 4.79 Å². The normalized spacial score (nSPS) is 16.2. The van der Waals surface area contributed by atoms with Crippen molar-refractivity contribution in [3.8, 4) is 5.75 Å². The van der Waals surface area contributed by atoms with Gasteiger partial charge in [-0.2, -0.15) is 5.10 Å². The largest absolute Gasteiger partial charge is 0.497 e. The van der Waals surface area contributed by atoms with E-state index < -0.39 is 0 Å². The lowest BCUT2D eigenvalue weighted by Gasteiger charge is -2.22. The molecule has 29 heavy (non-hydrogen) atoms. The highest BCUT2D eigenvalue weighted by Gasteiger charge is 2.34. The van der Waals surface area contributed by atoms with E-state index in [1.54, 1.807) is 7.11 Å². The number of rotatable bonds is 4. The monoisotopic (exact) mass is 427 g/mol. The number of nitrogens with zero attached hydrogens (tertiary/aromatic N) is 3. The number of halogens is 2. The number of carbonyl (C=O) groups is 1. The van der Waals surface area contributed by atoms with Crippen LogP contribution in [0.5, 0.6) is 5.75 Å². The van der Waals surface area contributed by atoms with Gasteiger partial charge in [-0.05, 0) is 35.9 Å². The summed E-state index contributed by atoms with van der Waals surface area (Å²) in [4.78, 5) is 17.1. The number of ether oxygens (including phenoxy) is 1. The number of hydrazone groups is 1. The first-order chi connectivity index (χ1) is 14.0. The zero-order valence-electron chi connectivity index (χ0n) is 16.0. The maximum absolute atomic E-state index is 12.6. The van der Waals surface area contributed by atoms with Crippen LogP contribution in [0.1, 0.15) is 36.9 Å². The van der Waals surface area contributed by atoms with Crippen LogP contribution in [0, 0.1) is 0 Å². The van der Waals surface area contributed by atoms with Crippen LogP contribution in [0.2, 0.25) is 10.2 Å². The average Bonchev–Trinajstić information content (AvgIpc) is 3.17. The number of amides is 1. The lowest BCUT2D eigenvalue weighted by atomic mass is 9.98. The van der Waals surface area contributed by atoms with Crippen molar-refractivity contribution in [2.45, 2.75) is 25.8 Å². The van der Waals surface area contributed by atoms with Gasteiger partial charge in [0, 0.05) is 34.9 Å². The van der Waals surface area contributed by atoms with Crippen molar-refractivity contribution < 1.29 is 9.53 Å². The highest BCUT2D eigenvalue weighted by molar-refractivity contribution is 6.31. The van der Waals surface area contributed by atoms with Crippen LogP contribution in [0.3, 0.4) is 0 Å². The van der Waals surface area contributed by atoms with Crippen molar-refractivity contribution in [1.29, 1.82) is 0 Å². The third-order valence-electron chi connectivity index (χ3n) is 5.01. The molecule has 4 rings (SSSR count). The molecule has 0 saturated carbocycles. The number of pyridine rings is 1. The standard InChI is InChI=1S/C22H19Cl2N3O2/c1-3-21(28)27-20(12-19(26-27)13-4-7-15(23)8-5-13)17-10-14-6-9-16(29-2)11-18(14)25-22(17)24/h4-11,20H,3,12H2,1-2H3/t20-/m0/s1. The molecule has 0 fully saturated rings. The van der Waals surface area contributed by atoms with E-state index in [4.69, 9.17) is 27.9 Å². The van der Waals surface area contributed by atoms with E-state index in [0.717, 1.165) is 27.7 Å². The average molecular weight is 428 g/mol. The summed E-state index contributed by atoms with van der Waals surface area (Å²) in [6.07, 6.45) is 0.903. The molecule has 1 aliphatic rings. The first-order valence-electron chi connectivity index (χ1n) is 9.29. The summed E-state index contributed by atoms with van der Waals surface area (Å²) >= 11 is 12.6. The Morgan fingerprint density at radius 2 is 1.93 bits per heavy atom. The summed E-state index contributed by atoms with van der Waals surface area (Å²) in [6.45, 7) is 1.82. The minimum Gasteiger partial charge on any atom is -0.497 e. The molecular formula is C22H19Cl2N3O2. The number of methoxy groups -OCH3 is 1. The minimum absolute atomic E-state index is 0.0649. The van der Waals surface area contributed by atoms with Crippen molar-refractivity contribution in [2.75, 3.05) is 7.11 Å². The molecule has 2 aromatic carbocycles. The van der Waals surface area contributed by atoms with Gasteiger partial charge in [0.15, 0.2) is 0 Å². The van der Waals surface area contributed by atoms with Gasteiger partial charge in [0.1, 0.15) is 10.9 Å². The van der Waals surface area contributed by atoms with E-state index in [-0.39, 0.29) is 11.9 Å². The maximum atomic E-state index is 12.6. The molecule has 0 radical (unpaired) electrons. The van der Waals surface area contributed by atoms with Crippen LogP contribution in [0.4, 0.5) is 0 Å². The Hall–Kier alpha value is -2.63. The van der Waals surface area contributed by atoms with Crippen LogP contribution in [0.25, 0.3) is 10.9 Å². The van der Waals surface area contributed by atoms with Crippen molar-refractivity contribution in [1.82, 2.24) is 9.99 Å². The van der Waals surface area contributed by atoms with Crippen LogP contribution >= 0.6 is 23.2 Å². The fraction of sp³-hybridized carbons (Fsp3) is 0.227. The Labute approximate surface area is 178 Å². The highest BCUT2D eigenvalue weighted by atomic mass is 35.5. The van der Waals surface area contributed by atoms with E-state index in [0.29, 0.717) is 28.8 Å². The van der Waals surface area contributed by atoms with Crippen molar-refractivity contribution in [2.24, 2.45) is 5.10 Å². The van der Waals surface area contributed by atoms with E-state index in [1.807, 2.05) is 55.5 Å². The molecule has 0 aliphatic carbocycles. The zero-order valence-corrected chi connectivity index (χ0v) is 17.5. The summed E-state index contributed by atoms with van der Waals surface area (Å²) in [5.41, 5.74) is 3.27. The third kappa shape index (κ3) is 3.80. The van der Waals surface area contributed by atoms with Crippen LogP contribution in [-0.4, -0.2) is 28.7 Å². The van der Waals surface area contributed by atoms with Gasteiger partial charge in [-0.15, -0.1) is 0 Å². The van der Waals surface area contributed by atoms with Crippen LogP contribution < -0.4 is 4.74 Å². The summed E-state index contributed by atoms with van der Waals surface area (Å²) in [5, 5.41) is 8.08. The predicted molar refractivity (Wildman–Crippen MR) is 116 cm³/mol.